The number of aromatic nitrogens is 2. The second kappa shape index (κ2) is 21.3. The van der Waals surface area contributed by atoms with Gasteiger partial charge in [0.15, 0.2) is 14.5 Å². The van der Waals surface area contributed by atoms with E-state index in [0.717, 1.165) is 33.4 Å². The van der Waals surface area contributed by atoms with Crippen LogP contribution < -0.4 is 30.0 Å². The summed E-state index contributed by atoms with van der Waals surface area (Å²) in [6, 6.07) is 53.4. The zero-order chi connectivity index (χ0) is 50.4. The van der Waals surface area contributed by atoms with E-state index >= 15 is 0 Å². The largest absolute Gasteiger partial charge is 0.497 e. The van der Waals surface area contributed by atoms with E-state index in [4.69, 9.17) is 42.6 Å². The van der Waals surface area contributed by atoms with Gasteiger partial charge in [-0.25, -0.2) is 4.79 Å². The molecule has 8 rings (SSSR count). The Morgan fingerprint density at radius 3 is 1.38 bits per heavy atom. The average molecular weight is 976 g/mol. The fourth-order valence-electron chi connectivity index (χ4n) is 9.15. The molecule has 0 bridgehead atoms. The molecule has 1 N–H and O–H groups in total. The molecule has 12 nitrogen and oxygen atoms in total. The van der Waals surface area contributed by atoms with Crippen molar-refractivity contribution in [3.63, 3.8) is 0 Å². The fourth-order valence-corrected chi connectivity index (χ4v) is 10.2. The van der Waals surface area contributed by atoms with Crippen molar-refractivity contribution in [3.05, 3.63) is 214 Å². The van der Waals surface area contributed by atoms with Crippen LogP contribution in [0.4, 0.5) is 5.82 Å². The second-order valence-corrected chi connectivity index (χ2v) is 23.9. The van der Waals surface area contributed by atoms with Gasteiger partial charge in [0.05, 0.1) is 35.0 Å². The Hall–Kier alpha value is -6.74. The van der Waals surface area contributed by atoms with Crippen molar-refractivity contribution in [3.8, 4) is 23.0 Å². The molecule has 370 valence electrons. The SMILES string of the molecule is COc1ccc(C(Nc2ccn([C@@H]3O[C@H](CO[Si](C)(C)C(C)(C)C)[C@@H](OC(c4ccccc4)(c4ccc(OC)cc4)c4ccc(OC)cc4)[C@H]3OC)c(=O)n2)(c2ccccc2)c2ccc(OC)cc2)cc1. The summed E-state index contributed by atoms with van der Waals surface area (Å²) >= 11 is 0. The zero-order valence-corrected chi connectivity index (χ0v) is 43.3. The molecule has 13 heteroatoms. The van der Waals surface area contributed by atoms with Crippen LogP contribution in [-0.2, 0) is 29.8 Å². The molecule has 1 fully saturated rings. The lowest BCUT2D eigenvalue weighted by Gasteiger charge is -2.41. The van der Waals surface area contributed by atoms with E-state index < -0.39 is 49.7 Å². The van der Waals surface area contributed by atoms with Crippen LogP contribution in [0.25, 0.3) is 0 Å². The van der Waals surface area contributed by atoms with Crippen molar-refractivity contribution in [1.82, 2.24) is 9.55 Å². The maximum atomic E-state index is 14.8. The summed E-state index contributed by atoms with van der Waals surface area (Å²) in [7, 11) is 5.84. The van der Waals surface area contributed by atoms with Gasteiger partial charge >= 0.3 is 5.69 Å². The Morgan fingerprint density at radius 2 is 0.972 bits per heavy atom. The molecule has 4 atom stereocenters. The molecule has 0 saturated carbocycles. The third-order valence-electron chi connectivity index (χ3n) is 14.1. The summed E-state index contributed by atoms with van der Waals surface area (Å²) in [6.07, 6.45) is -1.62. The molecular weight excluding hydrogens is 911 g/mol. The minimum atomic E-state index is -2.35. The van der Waals surface area contributed by atoms with E-state index in [1.54, 1.807) is 47.8 Å². The fraction of sp³-hybridized carbons (Fsp3) is 0.310. The average Bonchev–Trinajstić information content (AvgIpc) is 3.75. The van der Waals surface area contributed by atoms with Gasteiger partial charge in [-0.05, 0) is 106 Å². The number of benzene rings is 6. The van der Waals surface area contributed by atoms with E-state index in [1.807, 2.05) is 133 Å². The van der Waals surface area contributed by atoms with Crippen molar-refractivity contribution in [2.45, 2.75) is 74.6 Å². The summed E-state index contributed by atoms with van der Waals surface area (Å²) in [6.45, 7) is 11.2. The molecule has 0 spiro atoms. The maximum Gasteiger partial charge on any atom is 0.351 e. The summed E-state index contributed by atoms with van der Waals surface area (Å²) in [5, 5.41) is 3.64. The van der Waals surface area contributed by atoms with Gasteiger partial charge in [0.1, 0.15) is 58.3 Å². The topological polar surface area (TPSA) is 121 Å². The molecule has 7 aromatic rings. The minimum Gasteiger partial charge on any atom is -0.497 e. The minimum absolute atomic E-state index is 0.0989. The Bertz CT molecular complexity index is 2780. The van der Waals surface area contributed by atoms with Gasteiger partial charge in [-0.2, -0.15) is 4.98 Å². The molecule has 1 aromatic heterocycles. The van der Waals surface area contributed by atoms with Crippen LogP contribution in [0.2, 0.25) is 18.1 Å². The summed E-state index contributed by atoms with van der Waals surface area (Å²) in [4.78, 5) is 19.6. The van der Waals surface area contributed by atoms with Crippen LogP contribution in [-0.4, -0.2) is 78.3 Å². The molecule has 1 saturated heterocycles. The number of anilines is 1. The molecule has 0 unspecified atom stereocenters. The first-order valence-corrected chi connectivity index (χ1v) is 26.7. The third-order valence-corrected chi connectivity index (χ3v) is 18.6. The van der Waals surface area contributed by atoms with Crippen molar-refractivity contribution in [2.75, 3.05) is 47.5 Å². The number of methoxy groups -OCH3 is 5. The molecule has 0 aliphatic carbocycles. The second-order valence-electron chi connectivity index (χ2n) is 19.1. The molecule has 1 aliphatic heterocycles. The highest BCUT2D eigenvalue weighted by Crippen LogP contribution is 2.47. The van der Waals surface area contributed by atoms with Crippen LogP contribution in [0.15, 0.2) is 175 Å². The highest BCUT2D eigenvalue weighted by Gasteiger charge is 2.53. The molecular formula is C58H65N3O9Si. The number of nitrogens with zero attached hydrogens (tertiary/aromatic N) is 2. The summed E-state index contributed by atoms with van der Waals surface area (Å²) in [5.41, 5.74) is 2.40. The van der Waals surface area contributed by atoms with Gasteiger partial charge in [-0.1, -0.05) is 130 Å². The monoisotopic (exact) mass is 975 g/mol. The number of nitrogens with one attached hydrogen (secondary N) is 1. The highest BCUT2D eigenvalue weighted by molar-refractivity contribution is 6.74. The van der Waals surface area contributed by atoms with Crippen LogP contribution in [0.5, 0.6) is 23.0 Å². The number of hydrogen-bond acceptors (Lipinski definition) is 11. The van der Waals surface area contributed by atoms with Crippen molar-refractivity contribution in [2.24, 2.45) is 0 Å². The van der Waals surface area contributed by atoms with E-state index in [-0.39, 0.29) is 11.6 Å². The highest BCUT2D eigenvalue weighted by atomic mass is 28.4. The standard InChI is InChI=1S/C58H65N3O9Si/c1-56(2,3)71(9,10)68-39-50-52(70-58(43-19-15-12-16-20-43,44-25-33-48(65-6)34-26-44)45-27-35-49(66-7)36-28-45)53(67-8)54(69-50)61-38-37-51(59-55(61)62)60-57(40-17-13-11-14-18-40,41-21-29-46(63-4)30-22-41)42-23-31-47(64-5)32-24-42/h11-38,50,52-54H,39H2,1-10H3,(H,59,60,62)/t50-,52-,53-,54-/m1/s1. The Morgan fingerprint density at radius 1 is 0.563 bits per heavy atom. The van der Waals surface area contributed by atoms with Crippen LogP contribution in [0, 0.1) is 0 Å². The van der Waals surface area contributed by atoms with Crippen LogP contribution in [0.1, 0.15) is 60.4 Å². The molecule has 6 aromatic carbocycles. The van der Waals surface area contributed by atoms with E-state index in [1.165, 1.54) is 4.57 Å². The summed E-state index contributed by atoms with van der Waals surface area (Å²) in [5.74, 6) is 3.15. The van der Waals surface area contributed by atoms with Gasteiger partial charge in [0.25, 0.3) is 0 Å². The molecule has 0 amide bonds. The molecule has 1 aliphatic rings. The predicted molar refractivity (Wildman–Crippen MR) is 279 cm³/mol. The lowest BCUT2D eigenvalue weighted by molar-refractivity contribution is -0.117. The lowest BCUT2D eigenvalue weighted by Crippen LogP contribution is -2.48. The van der Waals surface area contributed by atoms with Gasteiger partial charge in [-0.3, -0.25) is 4.57 Å². The lowest BCUT2D eigenvalue weighted by atomic mass is 9.77. The van der Waals surface area contributed by atoms with E-state index in [2.05, 4.69) is 63.4 Å². The Labute approximate surface area is 418 Å². The first-order valence-electron chi connectivity index (χ1n) is 23.8. The first-order chi connectivity index (χ1) is 34.2. The quantitative estimate of drug-likeness (QED) is 0.0616. The van der Waals surface area contributed by atoms with Crippen molar-refractivity contribution >= 4 is 14.1 Å². The van der Waals surface area contributed by atoms with Crippen molar-refractivity contribution in [1.29, 1.82) is 0 Å². The predicted octanol–water partition coefficient (Wildman–Crippen LogP) is 11.0. The molecule has 71 heavy (non-hydrogen) atoms. The van der Waals surface area contributed by atoms with Gasteiger partial charge in [0, 0.05) is 13.3 Å². The Kier molecular flexibility index (Phi) is 15.2. The normalized spacial score (nSPS) is 17.4. The smallest absolute Gasteiger partial charge is 0.351 e. The number of ether oxygens (including phenoxy) is 7. The third kappa shape index (κ3) is 10.1. The molecule has 2 heterocycles. The number of hydrogen-bond donors (Lipinski definition) is 1. The Balaban J connectivity index is 1.25. The number of rotatable bonds is 19. The first kappa shape index (κ1) is 50.6. The van der Waals surface area contributed by atoms with Gasteiger partial charge < -0.3 is 42.9 Å². The van der Waals surface area contributed by atoms with E-state index in [9.17, 15) is 4.79 Å². The van der Waals surface area contributed by atoms with Crippen LogP contribution >= 0.6 is 0 Å². The van der Waals surface area contributed by atoms with Gasteiger partial charge in [-0.15, -0.1) is 0 Å². The summed E-state index contributed by atoms with van der Waals surface area (Å²) < 4.78 is 52.1. The van der Waals surface area contributed by atoms with Gasteiger partial charge in [0.2, 0.25) is 0 Å². The van der Waals surface area contributed by atoms with Crippen LogP contribution in [0.3, 0.4) is 0 Å². The maximum absolute atomic E-state index is 14.8. The van der Waals surface area contributed by atoms with Crippen molar-refractivity contribution < 1.29 is 37.6 Å². The molecule has 0 radical (unpaired) electrons. The zero-order valence-electron chi connectivity index (χ0n) is 42.3. The van der Waals surface area contributed by atoms with E-state index in [0.29, 0.717) is 28.8 Å².